The van der Waals surface area contributed by atoms with Gasteiger partial charge in [0.05, 0.1) is 6.04 Å². The molecule has 1 aromatic rings. The van der Waals surface area contributed by atoms with Crippen LogP contribution in [0.4, 0.5) is 0 Å². The monoisotopic (exact) mass is 282 g/mol. The van der Waals surface area contributed by atoms with Crippen LogP contribution in [0.3, 0.4) is 0 Å². The van der Waals surface area contributed by atoms with E-state index in [0.717, 1.165) is 22.8 Å². The average molecular weight is 282 g/mol. The van der Waals surface area contributed by atoms with Gasteiger partial charge in [-0.15, -0.1) is 0 Å². The fourth-order valence-electron chi connectivity index (χ4n) is 1.75. The molecule has 5 nitrogen and oxygen atoms in total. The largest absolute Gasteiger partial charge is 0.454 e. The number of nitrogens with two attached hydrogens (primary N) is 1. The van der Waals surface area contributed by atoms with Gasteiger partial charge in [-0.25, -0.2) is 0 Å². The van der Waals surface area contributed by atoms with Crippen molar-refractivity contribution in [1.29, 1.82) is 0 Å². The van der Waals surface area contributed by atoms with E-state index in [4.69, 9.17) is 15.2 Å². The number of thioether (sulfide) groups is 1. The van der Waals surface area contributed by atoms with Crippen LogP contribution in [0.1, 0.15) is 12.0 Å². The molecule has 1 heterocycles. The normalized spacial score (nSPS) is 14.2. The zero-order valence-corrected chi connectivity index (χ0v) is 11.7. The van der Waals surface area contributed by atoms with Crippen LogP contribution in [0.2, 0.25) is 0 Å². The Labute approximate surface area is 116 Å². The lowest BCUT2D eigenvalue weighted by Crippen LogP contribution is -2.40. The van der Waals surface area contributed by atoms with Gasteiger partial charge < -0.3 is 20.5 Å². The second-order valence-corrected chi connectivity index (χ2v) is 5.28. The summed E-state index contributed by atoms with van der Waals surface area (Å²) in [5.41, 5.74) is 6.75. The predicted octanol–water partition coefficient (Wildman–Crippen LogP) is 1.11. The van der Waals surface area contributed by atoms with Gasteiger partial charge in [0, 0.05) is 6.54 Å². The van der Waals surface area contributed by atoms with Crippen molar-refractivity contribution in [3.63, 3.8) is 0 Å². The summed E-state index contributed by atoms with van der Waals surface area (Å²) in [4.78, 5) is 11.8. The van der Waals surface area contributed by atoms with Crippen molar-refractivity contribution in [3.8, 4) is 11.5 Å². The van der Waals surface area contributed by atoms with E-state index >= 15 is 0 Å². The minimum atomic E-state index is -0.443. The van der Waals surface area contributed by atoms with Gasteiger partial charge in [0.1, 0.15) is 0 Å². The average Bonchev–Trinajstić information content (AvgIpc) is 2.89. The van der Waals surface area contributed by atoms with Crippen LogP contribution in [0.5, 0.6) is 11.5 Å². The van der Waals surface area contributed by atoms with Crippen LogP contribution in [0, 0.1) is 0 Å². The zero-order valence-electron chi connectivity index (χ0n) is 10.8. The van der Waals surface area contributed by atoms with Crippen LogP contribution in [-0.2, 0) is 11.3 Å². The van der Waals surface area contributed by atoms with Crippen molar-refractivity contribution in [2.24, 2.45) is 5.73 Å². The summed E-state index contributed by atoms with van der Waals surface area (Å²) < 4.78 is 10.5. The van der Waals surface area contributed by atoms with E-state index in [0.29, 0.717) is 13.0 Å². The number of nitrogens with one attached hydrogen (secondary N) is 1. The molecule has 6 heteroatoms. The lowest BCUT2D eigenvalue weighted by molar-refractivity contribution is -0.122. The number of hydrogen-bond donors (Lipinski definition) is 2. The first kappa shape index (κ1) is 14.0. The fourth-order valence-corrected chi connectivity index (χ4v) is 2.24. The maximum Gasteiger partial charge on any atom is 0.237 e. The maximum atomic E-state index is 11.8. The lowest BCUT2D eigenvalue weighted by Gasteiger charge is -2.11. The highest BCUT2D eigenvalue weighted by molar-refractivity contribution is 7.98. The number of amides is 1. The minimum absolute atomic E-state index is 0.119. The third-order valence-electron chi connectivity index (χ3n) is 2.87. The van der Waals surface area contributed by atoms with E-state index in [-0.39, 0.29) is 12.7 Å². The molecule has 0 aromatic heterocycles. The van der Waals surface area contributed by atoms with E-state index < -0.39 is 6.04 Å². The molecule has 0 saturated carbocycles. The molecule has 1 aliphatic heterocycles. The van der Waals surface area contributed by atoms with Crippen molar-refractivity contribution in [2.75, 3.05) is 18.8 Å². The smallest absolute Gasteiger partial charge is 0.237 e. The van der Waals surface area contributed by atoms with Gasteiger partial charge in [0.25, 0.3) is 0 Å². The number of rotatable bonds is 6. The third kappa shape index (κ3) is 3.78. The van der Waals surface area contributed by atoms with Gasteiger partial charge in [-0.05, 0) is 36.1 Å². The molecule has 0 bridgehead atoms. The Morgan fingerprint density at radius 1 is 1.47 bits per heavy atom. The Hall–Kier alpha value is -1.40. The van der Waals surface area contributed by atoms with Gasteiger partial charge in [-0.3, -0.25) is 4.79 Å². The van der Waals surface area contributed by atoms with Crippen LogP contribution < -0.4 is 20.5 Å². The number of carbonyl (C=O) groups is 1. The minimum Gasteiger partial charge on any atom is -0.454 e. The number of carbonyl (C=O) groups excluding carboxylic acids is 1. The Bertz CT molecular complexity index is 454. The summed E-state index contributed by atoms with van der Waals surface area (Å²) in [6.45, 7) is 0.702. The molecule has 1 amide bonds. The zero-order chi connectivity index (χ0) is 13.7. The van der Waals surface area contributed by atoms with Crippen molar-refractivity contribution in [1.82, 2.24) is 5.32 Å². The Balaban J connectivity index is 1.83. The van der Waals surface area contributed by atoms with Crippen LogP contribution in [-0.4, -0.2) is 30.8 Å². The van der Waals surface area contributed by atoms with Gasteiger partial charge in [0.2, 0.25) is 12.7 Å². The molecule has 2 rings (SSSR count). The quantitative estimate of drug-likeness (QED) is 0.817. The molecule has 0 fully saturated rings. The lowest BCUT2D eigenvalue weighted by atomic mass is 10.2. The highest BCUT2D eigenvalue weighted by atomic mass is 32.2. The van der Waals surface area contributed by atoms with Gasteiger partial charge >= 0.3 is 0 Å². The van der Waals surface area contributed by atoms with Crippen LogP contribution >= 0.6 is 11.8 Å². The van der Waals surface area contributed by atoms with Gasteiger partial charge in [-0.2, -0.15) is 11.8 Å². The molecule has 1 aliphatic rings. The summed E-state index contributed by atoms with van der Waals surface area (Å²) in [5, 5.41) is 2.83. The van der Waals surface area contributed by atoms with E-state index in [1.165, 1.54) is 0 Å². The molecule has 1 atom stereocenters. The molecular formula is C13H18N2O3S. The SMILES string of the molecule is CSCC[C@H](N)C(=O)NCc1ccc2c(c1)OCO2. The number of ether oxygens (including phenoxy) is 2. The van der Waals surface area contributed by atoms with Gasteiger partial charge in [-0.1, -0.05) is 6.07 Å². The fraction of sp³-hybridized carbons (Fsp3) is 0.462. The first-order valence-corrected chi connectivity index (χ1v) is 7.51. The Morgan fingerprint density at radius 3 is 3.05 bits per heavy atom. The number of benzene rings is 1. The maximum absolute atomic E-state index is 11.8. The van der Waals surface area contributed by atoms with E-state index in [2.05, 4.69) is 5.32 Å². The number of hydrogen-bond acceptors (Lipinski definition) is 5. The molecule has 0 unspecified atom stereocenters. The highest BCUT2D eigenvalue weighted by Crippen LogP contribution is 2.32. The Kier molecular flexibility index (Phi) is 4.93. The molecule has 1 aromatic carbocycles. The standard InChI is InChI=1S/C13H18N2O3S/c1-19-5-4-10(14)13(16)15-7-9-2-3-11-12(6-9)18-8-17-11/h2-3,6,10H,4-5,7-8,14H2,1H3,(H,15,16)/t10-/m0/s1. The first-order valence-electron chi connectivity index (χ1n) is 6.11. The van der Waals surface area contributed by atoms with Crippen LogP contribution in [0.15, 0.2) is 18.2 Å². The summed E-state index contributed by atoms with van der Waals surface area (Å²) in [6, 6.07) is 5.18. The summed E-state index contributed by atoms with van der Waals surface area (Å²) in [5.74, 6) is 2.23. The molecule has 0 radical (unpaired) electrons. The predicted molar refractivity (Wildman–Crippen MR) is 75.4 cm³/mol. The van der Waals surface area contributed by atoms with Crippen molar-refractivity contribution < 1.29 is 14.3 Å². The summed E-state index contributed by atoms with van der Waals surface area (Å²) >= 11 is 1.68. The van der Waals surface area contributed by atoms with Crippen molar-refractivity contribution in [2.45, 2.75) is 19.0 Å². The topological polar surface area (TPSA) is 73.6 Å². The number of fused-ring (bicyclic) bond motifs is 1. The second kappa shape index (κ2) is 6.68. The first-order chi connectivity index (χ1) is 9.20. The summed E-state index contributed by atoms with van der Waals surface area (Å²) in [7, 11) is 0. The van der Waals surface area contributed by atoms with Gasteiger partial charge in [0.15, 0.2) is 11.5 Å². The molecule has 104 valence electrons. The highest BCUT2D eigenvalue weighted by Gasteiger charge is 2.15. The molecule has 0 aliphatic carbocycles. The van der Waals surface area contributed by atoms with Crippen molar-refractivity contribution in [3.05, 3.63) is 23.8 Å². The molecule has 19 heavy (non-hydrogen) atoms. The molecule has 0 saturated heterocycles. The third-order valence-corrected chi connectivity index (χ3v) is 3.52. The molecule has 0 spiro atoms. The van der Waals surface area contributed by atoms with Crippen LogP contribution in [0.25, 0.3) is 0 Å². The van der Waals surface area contributed by atoms with E-state index in [1.807, 2.05) is 24.5 Å². The van der Waals surface area contributed by atoms with Crippen molar-refractivity contribution >= 4 is 17.7 Å². The Morgan fingerprint density at radius 2 is 2.26 bits per heavy atom. The van der Waals surface area contributed by atoms with E-state index in [9.17, 15) is 4.79 Å². The molecular weight excluding hydrogens is 264 g/mol. The second-order valence-electron chi connectivity index (χ2n) is 4.29. The molecule has 3 N–H and O–H groups in total. The van der Waals surface area contributed by atoms with E-state index in [1.54, 1.807) is 11.8 Å². The summed E-state index contributed by atoms with van der Waals surface area (Å²) in [6.07, 6.45) is 2.69.